The summed E-state index contributed by atoms with van der Waals surface area (Å²) in [4.78, 5) is 2.17. The molecule has 0 radical (unpaired) electrons. The van der Waals surface area contributed by atoms with E-state index in [0.717, 1.165) is 32.0 Å². The maximum atomic E-state index is 12.8. The molecule has 8 heteroatoms. The average molecular weight is 395 g/mol. The van der Waals surface area contributed by atoms with Gasteiger partial charge in [0.2, 0.25) is 0 Å². The SMILES string of the molecule is Cc1cc([C@H](O)C2(C)CCCN(C)C2)nnc1-c1ccc(C(F)(F)F)cc1O. The van der Waals surface area contributed by atoms with Gasteiger partial charge in [-0.3, -0.25) is 0 Å². The molecule has 2 aromatic rings. The number of benzene rings is 1. The van der Waals surface area contributed by atoms with Crippen molar-refractivity contribution in [1.29, 1.82) is 0 Å². The number of hydrogen-bond donors (Lipinski definition) is 2. The molecule has 152 valence electrons. The van der Waals surface area contributed by atoms with Crippen molar-refractivity contribution >= 4 is 0 Å². The van der Waals surface area contributed by atoms with Crippen LogP contribution in [0.15, 0.2) is 24.3 Å². The largest absolute Gasteiger partial charge is 0.507 e. The van der Waals surface area contributed by atoms with Gasteiger partial charge in [-0.15, -0.1) is 5.10 Å². The lowest BCUT2D eigenvalue weighted by atomic mass is 9.76. The van der Waals surface area contributed by atoms with E-state index in [9.17, 15) is 23.4 Å². The lowest BCUT2D eigenvalue weighted by Gasteiger charge is -2.41. The van der Waals surface area contributed by atoms with Crippen LogP contribution in [0.25, 0.3) is 11.3 Å². The minimum Gasteiger partial charge on any atom is -0.507 e. The molecule has 3 rings (SSSR count). The number of aromatic hydroxyl groups is 1. The topological polar surface area (TPSA) is 69.5 Å². The molecule has 1 saturated heterocycles. The van der Waals surface area contributed by atoms with Crippen LogP contribution in [0.5, 0.6) is 5.75 Å². The molecule has 2 heterocycles. The van der Waals surface area contributed by atoms with Crippen molar-refractivity contribution in [2.24, 2.45) is 5.41 Å². The normalized spacial score (nSPS) is 22.2. The third kappa shape index (κ3) is 3.98. The van der Waals surface area contributed by atoms with Crippen LogP contribution in [0, 0.1) is 12.3 Å². The molecule has 0 saturated carbocycles. The van der Waals surface area contributed by atoms with Crippen molar-refractivity contribution in [1.82, 2.24) is 15.1 Å². The summed E-state index contributed by atoms with van der Waals surface area (Å²) in [5, 5.41) is 29.2. The molecule has 2 atom stereocenters. The number of piperidine rings is 1. The van der Waals surface area contributed by atoms with Gasteiger partial charge in [-0.25, -0.2) is 0 Å². The molecule has 1 unspecified atom stereocenters. The van der Waals surface area contributed by atoms with E-state index in [-0.39, 0.29) is 16.7 Å². The second kappa shape index (κ2) is 7.33. The minimum absolute atomic E-state index is 0.169. The van der Waals surface area contributed by atoms with E-state index in [1.807, 2.05) is 14.0 Å². The number of nitrogens with zero attached hydrogens (tertiary/aromatic N) is 3. The van der Waals surface area contributed by atoms with Gasteiger partial charge in [-0.1, -0.05) is 6.92 Å². The van der Waals surface area contributed by atoms with Crippen LogP contribution in [0.2, 0.25) is 0 Å². The number of hydrogen-bond acceptors (Lipinski definition) is 5. The first kappa shape index (κ1) is 20.5. The van der Waals surface area contributed by atoms with E-state index >= 15 is 0 Å². The first-order valence-corrected chi connectivity index (χ1v) is 9.13. The number of aliphatic hydroxyl groups is 1. The first-order valence-electron chi connectivity index (χ1n) is 9.13. The zero-order valence-electron chi connectivity index (χ0n) is 16.1. The van der Waals surface area contributed by atoms with Crippen LogP contribution in [0.3, 0.4) is 0 Å². The number of aromatic nitrogens is 2. The zero-order valence-corrected chi connectivity index (χ0v) is 16.1. The number of phenols is 1. The number of aryl methyl sites for hydroxylation is 1. The molecule has 5 nitrogen and oxygen atoms in total. The van der Waals surface area contributed by atoms with Gasteiger partial charge in [0.05, 0.1) is 17.0 Å². The Morgan fingerprint density at radius 2 is 1.93 bits per heavy atom. The highest BCUT2D eigenvalue weighted by molar-refractivity contribution is 5.69. The predicted molar refractivity (Wildman–Crippen MR) is 98.7 cm³/mol. The smallest absolute Gasteiger partial charge is 0.416 e. The van der Waals surface area contributed by atoms with Gasteiger partial charge in [-0.05, 0) is 63.2 Å². The third-order valence-corrected chi connectivity index (χ3v) is 5.44. The van der Waals surface area contributed by atoms with Crippen molar-refractivity contribution < 1.29 is 23.4 Å². The maximum Gasteiger partial charge on any atom is 0.416 e. The Balaban J connectivity index is 1.91. The first-order chi connectivity index (χ1) is 13.0. The highest BCUT2D eigenvalue weighted by Crippen LogP contribution is 2.41. The van der Waals surface area contributed by atoms with Gasteiger partial charge < -0.3 is 15.1 Å². The summed E-state index contributed by atoms with van der Waals surface area (Å²) in [5.74, 6) is -0.513. The molecule has 1 aromatic heterocycles. The summed E-state index contributed by atoms with van der Waals surface area (Å²) in [6.07, 6.45) is -3.50. The van der Waals surface area contributed by atoms with Gasteiger partial charge in [0.15, 0.2) is 0 Å². The fraction of sp³-hybridized carbons (Fsp3) is 0.500. The molecule has 28 heavy (non-hydrogen) atoms. The van der Waals surface area contributed by atoms with Gasteiger partial charge >= 0.3 is 6.18 Å². The zero-order chi connectivity index (χ0) is 20.7. The standard InChI is InChI=1S/C20H24F3N3O2/c1-12-9-15(18(28)19(2)7-4-8-26(3)11-19)24-25-17(12)14-6-5-13(10-16(14)27)20(21,22)23/h5-6,9-10,18,27-28H,4,7-8,11H2,1-3H3/t18-,19?/m0/s1. The van der Waals surface area contributed by atoms with Crippen LogP contribution >= 0.6 is 0 Å². The number of likely N-dealkylation sites (tertiary alicyclic amines) is 1. The van der Waals surface area contributed by atoms with E-state index < -0.39 is 23.6 Å². The molecular formula is C20H24F3N3O2. The average Bonchev–Trinajstić information content (AvgIpc) is 2.60. The third-order valence-electron chi connectivity index (χ3n) is 5.44. The highest BCUT2D eigenvalue weighted by atomic mass is 19.4. The molecule has 0 spiro atoms. The van der Waals surface area contributed by atoms with E-state index in [4.69, 9.17) is 0 Å². The Hall–Kier alpha value is -2.19. The maximum absolute atomic E-state index is 12.8. The molecule has 1 aliphatic heterocycles. The molecule has 1 aromatic carbocycles. The second-order valence-electron chi connectivity index (χ2n) is 7.93. The molecule has 0 aliphatic carbocycles. The summed E-state index contributed by atoms with van der Waals surface area (Å²) in [6, 6.07) is 4.45. The number of aliphatic hydroxyl groups excluding tert-OH is 1. The second-order valence-corrected chi connectivity index (χ2v) is 7.93. The Bertz CT molecular complexity index is 872. The van der Waals surface area contributed by atoms with Crippen LogP contribution < -0.4 is 0 Å². The monoisotopic (exact) mass is 395 g/mol. The Morgan fingerprint density at radius 1 is 1.21 bits per heavy atom. The Kier molecular flexibility index (Phi) is 5.38. The fourth-order valence-corrected chi connectivity index (χ4v) is 3.92. The minimum atomic E-state index is -4.53. The Labute approximate surface area is 161 Å². The number of alkyl halides is 3. The van der Waals surface area contributed by atoms with E-state index in [2.05, 4.69) is 15.1 Å². The summed E-state index contributed by atoms with van der Waals surface area (Å²) in [6.45, 7) is 5.46. The van der Waals surface area contributed by atoms with Crippen LogP contribution in [0.4, 0.5) is 13.2 Å². The quantitative estimate of drug-likeness (QED) is 0.824. The summed E-state index contributed by atoms with van der Waals surface area (Å²) >= 11 is 0. The number of halogens is 3. The van der Waals surface area contributed by atoms with Crippen molar-refractivity contribution in [3.63, 3.8) is 0 Å². The number of rotatable bonds is 3. The van der Waals surface area contributed by atoms with Crippen LogP contribution in [-0.2, 0) is 6.18 Å². The molecular weight excluding hydrogens is 371 g/mol. The van der Waals surface area contributed by atoms with Crippen LogP contribution in [0.1, 0.15) is 42.7 Å². The van der Waals surface area contributed by atoms with Gasteiger partial charge in [0, 0.05) is 17.5 Å². The van der Waals surface area contributed by atoms with Crippen molar-refractivity contribution in [2.45, 2.75) is 39.0 Å². The predicted octanol–water partition coefficient (Wildman–Crippen LogP) is 3.94. The van der Waals surface area contributed by atoms with E-state index in [0.29, 0.717) is 17.3 Å². The fourth-order valence-electron chi connectivity index (χ4n) is 3.92. The summed E-state index contributed by atoms with van der Waals surface area (Å²) in [5.41, 5.74) is 0.209. The van der Waals surface area contributed by atoms with E-state index in [1.165, 1.54) is 6.07 Å². The lowest BCUT2D eigenvalue weighted by Crippen LogP contribution is -2.43. The summed E-state index contributed by atoms with van der Waals surface area (Å²) < 4.78 is 38.4. The molecule has 1 fully saturated rings. The number of phenolic OH excluding ortho intramolecular Hbond substituents is 1. The van der Waals surface area contributed by atoms with Crippen LogP contribution in [-0.4, -0.2) is 45.4 Å². The molecule has 0 amide bonds. The van der Waals surface area contributed by atoms with Gasteiger partial charge in [0.25, 0.3) is 0 Å². The van der Waals surface area contributed by atoms with E-state index in [1.54, 1.807) is 13.0 Å². The highest BCUT2D eigenvalue weighted by Gasteiger charge is 2.38. The molecule has 0 bridgehead atoms. The summed E-state index contributed by atoms with van der Waals surface area (Å²) in [7, 11) is 2.01. The molecule has 2 N–H and O–H groups in total. The molecule has 1 aliphatic rings. The van der Waals surface area contributed by atoms with Crippen molar-refractivity contribution in [3.05, 3.63) is 41.1 Å². The van der Waals surface area contributed by atoms with Crippen molar-refractivity contribution in [3.8, 4) is 17.0 Å². The van der Waals surface area contributed by atoms with Crippen molar-refractivity contribution in [2.75, 3.05) is 20.1 Å². The van der Waals surface area contributed by atoms with Gasteiger partial charge in [0.1, 0.15) is 11.9 Å². The lowest BCUT2D eigenvalue weighted by molar-refractivity contribution is -0.137. The Morgan fingerprint density at radius 3 is 2.50 bits per heavy atom. The van der Waals surface area contributed by atoms with Gasteiger partial charge in [-0.2, -0.15) is 18.3 Å².